The van der Waals surface area contributed by atoms with Gasteiger partial charge in [-0.3, -0.25) is 4.68 Å². The maximum atomic E-state index is 6.37. The first-order valence-electron chi connectivity index (χ1n) is 7.04. The van der Waals surface area contributed by atoms with E-state index >= 15 is 0 Å². The largest absolute Gasteiger partial charge is 0.317 e. The predicted octanol–water partition coefficient (Wildman–Crippen LogP) is 3.19. The van der Waals surface area contributed by atoms with Crippen molar-refractivity contribution >= 4 is 11.6 Å². The number of nitrogens with zero attached hydrogens (tertiary/aromatic N) is 2. The number of hydrogen-bond donors (Lipinski definition) is 1. The maximum Gasteiger partial charge on any atom is 0.0847 e. The molecule has 0 aromatic carbocycles. The van der Waals surface area contributed by atoms with Gasteiger partial charge in [-0.1, -0.05) is 30.9 Å². The zero-order chi connectivity index (χ0) is 13.1. The molecule has 0 bridgehead atoms. The molecule has 1 saturated carbocycles. The fraction of sp³-hybridized carbons (Fsp3) is 0.786. The molecule has 0 radical (unpaired) electrons. The number of halogens is 1. The van der Waals surface area contributed by atoms with Gasteiger partial charge in [0.15, 0.2) is 0 Å². The average molecular weight is 270 g/mol. The van der Waals surface area contributed by atoms with Gasteiger partial charge in [0, 0.05) is 19.0 Å². The van der Waals surface area contributed by atoms with Crippen molar-refractivity contribution in [3.63, 3.8) is 0 Å². The number of likely N-dealkylation sites (N-methyl/N-ethyl adjacent to an activating group) is 1. The van der Waals surface area contributed by atoms with Crippen molar-refractivity contribution in [3.8, 4) is 0 Å². The van der Waals surface area contributed by atoms with Gasteiger partial charge in [0.1, 0.15) is 0 Å². The Morgan fingerprint density at radius 1 is 1.50 bits per heavy atom. The van der Waals surface area contributed by atoms with E-state index in [0.717, 1.165) is 29.6 Å². The van der Waals surface area contributed by atoms with Crippen LogP contribution < -0.4 is 5.32 Å². The van der Waals surface area contributed by atoms with Crippen LogP contribution in [0.1, 0.15) is 44.0 Å². The fourth-order valence-corrected chi connectivity index (χ4v) is 2.94. The number of aromatic nitrogens is 2. The Kier molecular flexibility index (Phi) is 4.68. The summed E-state index contributed by atoms with van der Waals surface area (Å²) in [5, 5.41) is 8.78. The summed E-state index contributed by atoms with van der Waals surface area (Å²) in [6, 6.07) is 0.522. The molecule has 1 aromatic rings. The minimum atomic E-state index is 0.522. The molecule has 0 saturated heterocycles. The third kappa shape index (κ3) is 2.89. The smallest absolute Gasteiger partial charge is 0.0847 e. The van der Waals surface area contributed by atoms with Crippen molar-refractivity contribution in [1.82, 2.24) is 15.1 Å². The summed E-state index contributed by atoms with van der Waals surface area (Å²) in [6.45, 7) is 4.99. The van der Waals surface area contributed by atoms with E-state index in [2.05, 4.69) is 24.4 Å². The minimum absolute atomic E-state index is 0.522. The highest BCUT2D eigenvalue weighted by molar-refractivity contribution is 6.31. The monoisotopic (exact) mass is 269 g/mol. The Bertz CT molecular complexity index is 396. The lowest BCUT2D eigenvalue weighted by atomic mass is 9.80. The first-order chi connectivity index (χ1) is 8.65. The quantitative estimate of drug-likeness (QED) is 0.860. The van der Waals surface area contributed by atoms with Gasteiger partial charge >= 0.3 is 0 Å². The van der Waals surface area contributed by atoms with E-state index in [-0.39, 0.29) is 0 Å². The van der Waals surface area contributed by atoms with Gasteiger partial charge < -0.3 is 5.32 Å². The molecule has 1 aromatic heterocycles. The molecular weight excluding hydrogens is 246 g/mol. The van der Waals surface area contributed by atoms with Gasteiger partial charge in [0.2, 0.25) is 0 Å². The summed E-state index contributed by atoms with van der Waals surface area (Å²) >= 11 is 6.37. The minimum Gasteiger partial charge on any atom is -0.317 e. The summed E-state index contributed by atoms with van der Waals surface area (Å²) in [5.74, 6) is 0.917. The highest BCUT2D eigenvalue weighted by atomic mass is 35.5. The molecule has 0 spiro atoms. The van der Waals surface area contributed by atoms with Crippen molar-refractivity contribution in [2.24, 2.45) is 5.92 Å². The zero-order valence-electron chi connectivity index (χ0n) is 11.7. The first kappa shape index (κ1) is 13.9. The van der Waals surface area contributed by atoms with Crippen LogP contribution in [0.2, 0.25) is 5.02 Å². The van der Waals surface area contributed by atoms with Crippen LogP contribution in [-0.2, 0) is 13.0 Å². The van der Waals surface area contributed by atoms with E-state index in [1.807, 2.05) is 11.6 Å². The summed E-state index contributed by atoms with van der Waals surface area (Å²) in [4.78, 5) is 0. The van der Waals surface area contributed by atoms with Crippen LogP contribution in [0, 0.1) is 12.8 Å². The van der Waals surface area contributed by atoms with Crippen LogP contribution in [0.5, 0.6) is 0 Å². The van der Waals surface area contributed by atoms with E-state index < -0.39 is 0 Å². The average Bonchev–Trinajstić information content (AvgIpc) is 2.59. The van der Waals surface area contributed by atoms with Crippen LogP contribution in [-0.4, -0.2) is 22.9 Å². The molecule has 1 N–H and O–H groups in total. The molecule has 4 heteroatoms. The Morgan fingerprint density at radius 3 is 2.72 bits per heavy atom. The van der Waals surface area contributed by atoms with Crippen molar-refractivity contribution in [1.29, 1.82) is 0 Å². The van der Waals surface area contributed by atoms with Gasteiger partial charge in [0.25, 0.3) is 0 Å². The molecule has 102 valence electrons. The lowest BCUT2D eigenvalue weighted by Crippen LogP contribution is -2.32. The van der Waals surface area contributed by atoms with Gasteiger partial charge in [-0.05, 0) is 33.2 Å². The number of hydrogen-bond acceptors (Lipinski definition) is 2. The second kappa shape index (κ2) is 6.07. The molecule has 3 nitrogen and oxygen atoms in total. The van der Waals surface area contributed by atoms with Gasteiger partial charge in [-0.25, -0.2) is 0 Å². The molecule has 1 unspecified atom stereocenters. The second-order valence-corrected chi connectivity index (χ2v) is 5.76. The standard InChI is InChI=1S/C14H24ClN3/c1-4-18-13(14(15)10(2)17-18)9-12(16-3)8-11-6-5-7-11/h11-12,16H,4-9H2,1-3H3. The lowest BCUT2D eigenvalue weighted by Gasteiger charge is -2.29. The van der Waals surface area contributed by atoms with Crippen molar-refractivity contribution in [2.75, 3.05) is 7.05 Å². The fourth-order valence-electron chi connectivity index (χ4n) is 2.73. The van der Waals surface area contributed by atoms with Gasteiger partial charge in [-0.2, -0.15) is 5.10 Å². The molecule has 1 aliphatic carbocycles. The number of aryl methyl sites for hydroxylation is 2. The Morgan fingerprint density at radius 2 is 2.22 bits per heavy atom. The van der Waals surface area contributed by atoms with Gasteiger partial charge in [0.05, 0.1) is 16.4 Å². The summed E-state index contributed by atoms with van der Waals surface area (Å²) in [7, 11) is 2.05. The molecule has 1 aliphatic rings. The Balaban J connectivity index is 2.05. The molecule has 18 heavy (non-hydrogen) atoms. The molecule has 0 amide bonds. The van der Waals surface area contributed by atoms with Crippen LogP contribution in [0.25, 0.3) is 0 Å². The molecule has 1 fully saturated rings. The second-order valence-electron chi connectivity index (χ2n) is 5.38. The maximum absolute atomic E-state index is 6.37. The Hall–Kier alpha value is -0.540. The summed E-state index contributed by atoms with van der Waals surface area (Å²) in [5.41, 5.74) is 2.14. The zero-order valence-corrected chi connectivity index (χ0v) is 12.4. The van der Waals surface area contributed by atoms with E-state index in [4.69, 9.17) is 11.6 Å². The number of nitrogens with one attached hydrogen (secondary N) is 1. The molecule has 2 rings (SSSR count). The highest BCUT2D eigenvalue weighted by Gasteiger charge is 2.23. The third-order valence-corrected chi connectivity index (χ3v) is 4.64. The van der Waals surface area contributed by atoms with E-state index in [1.54, 1.807) is 0 Å². The Labute approximate surface area is 115 Å². The SMILES string of the molecule is CCn1nc(C)c(Cl)c1CC(CC1CCC1)NC. The molecular formula is C14H24ClN3. The third-order valence-electron chi connectivity index (χ3n) is 4.14. The lowest BCUT2D eigenvalue weighted by molar-refractivity contribution is 0.262. The normalized spacial score (nSPS) is 17.8. The summed E-state index contributed by atoms with van der Waals surface area (Å²) < 4.78 is 2.04. The first-order valence-corrected chi connectivity index (χ1v) is 7.42. The van der Waals surface area contributed by atoms with Crippen LogP contribution in [0.15, 0.2) is 0 Å². The predicted molar refractivity (Wildman–Crippen MR) is 76.2 cm³/mol. The van der Waals surface area contributed by atoms with Gasteiger partial charge in [-0.15, -0.1) is 0 Å². The van der Waals surface area contributed by atoms with Crippen LogP contribution in [0.3, 0.4) is 0 Å². The van der Waals surface area contributed by atoms with E-state index in [0.29, 0.717) is 6.04 Å². The van der Waals surface area contributed by atoms with Crippen molar-refractivity contribution in [2.45, 2.75) is 58.5 Å². The molecule has 0 aliphatic heterocycles. The van der Waals surface area contributed by atoms with E-state index in [9.17, 15) is 0 Å². The van der Waals surface area contributed by atoms with Crippen LogP contribution >= 0.6 is 11.6 Å². The highest BCUT2D eigenvalue weighted by Crippen LogP contribution is 2.31. The molecule has 1 atom stereocenters. The van der Waals surface area contributed by atoms with Crippen LogP contribution in [0.4, 0.5) is 0 Å². The molecule has 1 heterocycles. The van der Waals surface area contributed by atoms with E-state index in [1.165, 1.54) is 31.4 Å². The van der Waals surface area contributed by atoms with Crippen molar-refractivity contribution in [3.05, 3.63) is 16.4 Å². The topological polar surface area (TPSA) is 29.9 Å². The summed E-state index contributed by atoms with van der Waals surface area (Å²) in [6.07, 6.45) is 6.46. The van der Waals surface area contributed by atoms with Crippen molar-refractivity contribution < 1.29 is 0 Å². The number of rotatable bonds is 6.